The van der Waals surface area contributed by atoms with E-state index >= 15 is 0 Å². The van der Waals surface area contributed by atoms with Crippen molar-refractivity contribution in [2.45, 2.75) is 38.9 Å². The van der Waals surface area contributed by atoms with E-state index in [1.807, 2.05) is 20.8 Å². The molecule has 6 heteroatoms. The van der Waals surface area contributed by atoms with Crippen LogP contribution in [0.15, 0.2) is 0 Å². The summed E-state index contributed by atoms with van der Waals surface area (Å²) >= 11 is 0. The van der Waals surface area contributed by atoms with Crippen LogP contribution in [0, 0.1) is 0 Å². The van der Waals surface area contributed by atoms with Gasteiger partial charge >= 0.3 is 10.5 Å². The highest BCUT2D eigenvalue weighted by Gasteiger charge is 2.41. The molecule has 0 aliphatic heterocycles. The molecule has 12 heavy (non-hydrogen) atoms. The van der Waals surface area contributed by atoms with E-state index in [1.54, 1.807) is 13.1 Å². The fraction of sp³-hybridized carbons (Fsp3) is 1.00. The molecule has 0 aromatic heterocycles. The van der Waals surface area contributed by atoms with Crippen molar-refractivity contribution in [2.24, 2.45) is 0 Å². The third-order valence-electron chi connectivity index (χ3n) is 2.11. The molecular weight excluding hydrogens is 199 g/mol. The van der Waals surface area contributed by atoms with Gasteiger partial charge in [-0.3, -0.25) is 3.87 Å². The molecule has 0 aromatic carbocycles. The van der Waals surface area contributed by atoms with Gasteiger partial charge in [0.1, 0.15) is 0 Å². The maximum absolute atomic E-state index is 12.2. The van der Waals surface area contributed by atoms with Crippen LogP contribution in [-0.2, 0) is 14.4 Å². The van der Waals surface area contributed by atoms with Crippen LogP contribution in [-0.4, -0.2) is 16.7 Å². The molecule has 0 aliphatic rings. The van der Waals surface area contributed by atoms with Gasteiger partial charge in [0, 0.05) is 0 Å². The van der Waals surface area contributed by atoms with Crippen molar-refractivity contribution < 1.29 is 16.2 Å². The summed E-state index contributed by atoms with van der Waals surface area (Å²) in [5.74, 6) is 0. The van der Waals surface area contributed by atoms with Crippen LogP contribution >= 0.6 is 0 Å². The van der Waals surface area contributed by atoms with Gasteiger partial charge in [0.25, 0.3) is 0 Å². The Bertz CT molecular complexity index is 252. The minimum atomic E-state index is -4.80. The Morgan fingerprint density at radius 1 is 1.25 bits per heavy atom. The third-order valence-corrected chi connectivity index (χ3v) is 8.19. The van der Waals surface area contributed by atoms with Crippen molar-refractivity contribution in [3.05, 3.63) is 0 Å². The van der Waals surface area contributed by atoms with Crippen molar-refractivity contribution in [2.75, 3.05) is 0 Å². The standard InChI is InChI=1S/C6H15FO3SSi/c1-6(2,3)12(4,5)10-11(7,8)9/h1-5H3. The fourth-order valence-electron chi connectivity index (χ4n) is 0.374. The van der Waals surface area contributed by atoms with Crippen LogP contribution in [0.3, 0.4) is 0 Å². The maximum Gasteiger partial charge on any atom is 0.427 e. The predicted octanol–water partition coefficient (Wildman–Crippen LogP) is 2.22. The molecule has 0 saturated heterocycles. The summed E-state index contributed by atoms with van der Waals surface area (Å²) in [6.45, 7) is 8.85. The van der Waals surface area contributed by atoms with Crippen LogP contribution in [0.25, 0.3) is 0 Å². The highest BCUT2D eigenvalue weighted by atomic mass is 32.3. The lowest BCUT2D eigenvalue weighted by Crippen LogP contribution is -2.41. The SMILES string of the molecule is CC(C)(C)[Si](C)(C)OS(=O)(=O)F. The van der Waals surface area contributed by atoms with E-state index in [0.717, 1.165) is 0 Å². The topological polar surface area (TPSA) is 43.4 Å². The Hall–Kier alpha value is 0.0569. The Kier molecular flexibility index (Phi) is 3.09. The van der Waals surface area contributed by atoms with E-state index < -0.39 is 18.8 Å². The van der Waals surface area contributed by atoms with Crippen molar-refractivity contribution in [1.29, 1.82) is 0 Å². The van der Waals surface area contributed by atoms with Gasteiger partial charge in [-0.25, -0.2) is 0 Å². The van der Waals surface area contributed by atoms with Gasteiger partial charge < -0.3 is 0 Å². The van der Waals surface area contributed by atoms with E-state index in [1.165, 1.54) is 0 Å². The van der Waals surface area contributed by atoms with Crippen LogP contribution in [0.5, 0.6) is 0 Å². The Morgan fingerprint density at radius 3 is 1.67 bits per heavy atom. The summed E-state index contributed by atoms with van der Waals surface area (Å²) in [6.07, 6.45) is 0. The smallest absolute Gasteiger partial charge is 0.290 e. The third kappa shape index (κ3) is 3.64. The van der Waals surface area contributed by atoms with E-state index in [2.05, 4.69) is 3.87 Å². The summed E-state index contributed by atoms with van der Waals surface area (Å²) in [5.41, 5.74) is 0. The van der Waals surface area contributed by atoms with Crippen molar-refractivity contribution >= 4 is 18.8 Å². The van der Waals surface area contributed by atoms with Gasteiger partial charge in [0.05, 0.1) is 0 Å². The molecule has 0 aromatic rings. The summed E-state index contributed by atoms with van der Waals surface area (Å²) < 4.78 is 37.1. The zero-order valence-corrected chi connectivity index (χ0v) is 9.83. The largest absolute Gasteiger partial charge is 0.427 e. The lowest BCUT2D eigenvalue weighted by molar-refractivity contribution is 0.417. The molecule has 0 spiro atoms. The molecule has 0 amide bonds. The molecule has 0 unspecified atom stereocenters. The molecule has 0 rings (SSSR count). The lowest BCUT2D eigenvalue weighted by Gasteiger charge is -2.33. The average molecular weight is 214 g/mol. The molecule has 0 radical (unpaired) electrons. The van der Waals surface area contributed by atoms with Gasteiger partial charge in [0.15, 0.2) is 0 Å². The first kappa shape index (κ1) is 12.1. The number of hydrogen-bond acceptors (Lipinski definition) is 3. The van der Waals surface area contributed by atoms with Gasteiger partial charge in [-0.2, -0.15) is 8.42 Å². The second-order valence-corrected chi connectivity index (χ2v) is 10.2. The number of hydrogen-bond donors (Lipinski definition) is 0. The normalized spacial score (nSPS) is 14.8. The first-order valence-corrected chi connectivity index (χ1v) is 7.83. The highest BCUT2D eigenvalue weighted by Crippen LogP contribution is 2.37. The van der Waals surface area contributed by atoms with Crippen LogP contribution in [0.4, 0.5) is 3.89 Å². The summed E-state index contributed by atoms with van der Waals surface area (Å²) in [7, 11) is -7.31. The Labute approximate surface area is 74.5 Å². The maximum atomic E-state index is 12.2. The molecule has 74 valence electrons. The Morgan fingerprint density at radius 2 is 1.58 bits per heavy atom. The van der Waals surface area contributed by atoms with Crippen LogP contribution in [0.2, 0.25) is 18.1 Å². The molecule has 0 bridgehead atoms. The zero-order valence-electron chi connectivity index (χ0n) is 8.01. The summed E-state index contributed by atoms with van der Waals surface area (Å²) in [5, 5.41) is -0.299. The molecular formula is C6H15FO3SSi. The zero-order chi connectivity index (χ0) is 10.2. The van der Waals surface area contributed by atoms with Crippen molar-refractivity contribution in [1.82, 2.24) is 0 Å². The molecule has 0 fully saturated rings. The molecule has 0 heterocycles. The van der Waals surface area contributed by atoms with Gasteiger partial charge in [-0.15, -0.1) is 0 Å². The molecule has 3 nitrogen and oxygen atoms in total. The second kappa shape index (κ2) is 3.08. The first-order valence-electron chi connectivity index (χ1n) is 3.61. The monoisotopic (exact) mass is 214 g/mol. The van der Waals surface area contributed by atoms with E-state index in [4.69, 9.17) is 0 Å². The first-order chi connectivity index (χ1) is 4.96. The van der Waals surface area contributed by atoms with Crippen LogP contribution < -0.4 is 0 Å². The van der Waals surface area contributed by atoms with Gasteiger partial charge in [0.2, 0.25) is 8.32 Å². The van der Waals surface area contributed by atoms with E-state index in [9.17, 15) is 12.3 Å². The second-order valence-electron chi connectivity index (χ2n) is 4.24. The van der Waals surface area contributed by atoms with Crippen molar-refractivity contribution in [3.63, 3.8) is 0 Å². The van der Waals surface area contributed by atoms with Crippen LogP contribution in [0.1, 0.15) is 20.8 Å². The highest BCUT2D eigenvalue weighted by molar-refractivity contribution is 7.82. The van der Waals surface area contributed by atoms with Gasteiger partial charge in [-0.1, -0.05) is 24.7 Å². The minimum Gasteiger partial charge on any atom is -0.290 e. The minimum absolute atomic E-state index is 0.299. The summed E-state index contributed by atoms with van der Waals surface area (Å²) in [6, 6.07) is 0. The lowest BCUT2D eigenvalue weighted by atomic mass is 10.2. The molecule has 0 N–H and O–H groups in total. The predicted molar refractivity (Wildman–Crippen MR) is 48.3 cm³/mol. The van der Waals surface area contributed by atoms with Gasteiger partial charge in [-0.05, 0) is 18.1 Å². The quantitative estimate of drug-likeness (QED) is 0.523. The molecule has 0 atom stereocenters. The van der Waals surface area contributed by atoms with Crippen molar-refractivity contribution in [3.8, 4) is 0 Å². The average Bonchev–Trinajstić information content (AvgIpc) is 1.52. The van der Waals surface area contributed by atoms with E-state index in [-0.39, 0.29) is 5.04 Å². The number of rotatable bonds is 2. The summed E-state index contributed by atoms with van der Waals surface area (Å²) in [4.78, 5) is 0. The molecule has 0 saturated carbocycles. The fourth-order valence-corrected chi connectivity index (χ4v) is 3.36. The molecule has 0 aliphatic carbocycles. The Balaban J connectivity index is 4.67. The van der Waals surface area contributed by atoms with E-state index in [0.29, 0.717) is 0 Å². The number of halogens is 1.